The summed E-state index contributed by atoms with van der Waals surface area (Å²) in [6.45, 7) is 6.09. The van der Waals surface area contributed by atoms with E-state index >= 15 is 0 Å². The molecule has 0 aromatic rings. The van der Waals surface area contributed by atoms with Crippen LogP contribution < -0.4 is 5.32 Å². The van der Waals surface area contributed by atoms with E-state index in [1.165, 1.54) is 19.4 Å². The number of rotatable bonds is 5. The quantitative estimate of drug-likeness (QED) is 0.655. The molecular weight excluding hydrogens is 150 g/mol. The zero-order valence-electron chi connectivity index (χ0n) is 8.21. The van der Waals surface area contributed by atoms with Gasteiger partial charge in [-0.2, -0.15) is 0 Å². The molecule has 1 fully saturated rings. The molecule has 1 heterocycles. The highest BCUT2D eigenvalue weighted by atomic mass is 16.2. The van der Waals surface area contributed by atoms with Crippen molar-refractivity contribution in [3.05, 3.63) is 0 Å². The average molecular weight is 171 g/mol. The summed E-state index contributed by atoms with van der Waals surface area (Å²) in [5, 5.41) is 12.2. The zero-order valence-corrected chi connectivity index (χ0v) is 8.21. The highest BCUT2D eigenvalue weighted by Crippen LogP contribution is 2.26. The Hall–Kier alpha value is -0.0800. The van der Waals surface area contributed by atoms with E-state index in [0.29, 0.717) is 6.61 Å². The zero-order chi connectivity index (χ0) is 8.97. The minimum atomic E-state index is 0.343. The van der Waals surface area contributed by atoms with Crippen LogP contribution in [0.2, 0.25) is 0 Å². The predicted molar refractivity (Wildman–Crippen MR) is 51.1 cm³/mol. The molecule has 2 nitrogen and oxygen atoms in total. The molecule has 0 aromatic heterocycles. The van der Waals surface area contributed by atoms with Gasteiger partial charge in [0, 0.05) is 12.6 Å². The van der Waals surface area contributed by atoms with Gasteiger partial charge in [-0.1, -0.05) is 13.8 Å². The summed E-state index contributed by atoms with van der Waals surface area (Å²) in [5.74, 6) is 1.51. The van der Waals surface area contributed by atoms with Gasteiger partial charge in [-0.25, -0.2) is 0 Å². The molecule has 72 valence electrons. The summed E-state index contributed by atoms with van der Waals surface area (Å²) < 4.78 is 0. The van der Waals surface area contributed by atoms with Crippen LogP contribution in [0.5, 0.6) is 0 Å². The average Bonchev–Trinajstić information content (AvgIpc) is 1.93. The molecule has 2 unspecified atom stereocenters. The summed E-state index contributed by atoms with van der Waals surface area (Å²) in [5.41, 5.74) is 0. The first kappa shape index (κ1) is 10.0. The van der Waals surface area contributed by atoms with E-state index in [1.54, 1.807) is 0 Å². The second-order valence-electron chi connectivity index (χ2n) is 4.12. The lowest BCUT2D eigenvalue weighted by molar-refractivity contribution is 0.178. The minimum absolute atomic E-state index is 0.343. The van der Waals surface area contributed by atoms with Crippen LogP contribution in [0, 0.1) is 11.8 Å². The topological polar surface area (TPSA) is 32.3 Å². The Labute approximate surface area is 75.4 Å². The fourth-order valence-electron chi connectivity index (χ4n) is 2.00. The van der Waals surface area contributed by atoms with Gasteiger partial charge in [0.05, 0.1) is 0 Å². The smallest absolute Gasteiger partial charge is 0.0431 e. The molecule has 1 saturated heterocycles. The molecule has 0 aliphatic carbocycles. The van der Waals surface area contributed by atoms with Gasteiger partial charge in [-0.15, -0.1) is 0 Å². The molecule has 1 rings (SSSR count). The van der Waals surface area contributed by atoms with E-state index in [-0.39, 0.29) is 0 Å². The molecule has 0 bridgehead atoms. The summed E-state index contributed by atoms with van der Waals surface area (Å²) >= 11 is 0. The lowest BCUT2D eigenvalue weighted by atomic mass is 9.80. The van der Waals surface area contributed by atoms with E-state index in [0.717, 1.165) is 24.3 Å². The molecule has 0 radical (unpaired) electrons. The maximum absolute atomic E-state index is 8.75. The van der Waals surface area contributed by atoms with E-state index in [9.17, 15) is 0 Å². The number of nitrogens with one attached hydrogen (secondary N) is 1. The van der Waals surface area contributed by atoms with Crippen molar-refractivity contribution in [2.45, 2.75) is 39.2 Å². The van der Waals surface area contributed by atoms with Crippen LogP contribution >= 0.6 is 0 Å². The standard InChI is InChI=1S/C10H21NO/c1-8(2)9(4-3-7-12)10-5-6-11-10/h8-12H,3-7H2,1-2H3. The van der Waals surface area contributed by atoms with Crippen molar-refractivity contribution >= 4 is 0 Å². The van der Waals surface area contributed by atoms with Crippen LogP contribution in [-0.4, -0.2) is 24.3 Å². The maximum Gasteiger partial charge on any atom is 0.0431 e. The van der Waals surface area contributed by atoms with E-state index in [2.05, 4.69) is 19.2 Å². The number of hydrogen-bond donors (Lipinski definition) is 2. The third-order valence-electron chi connectivity index (χ3n) is 2.93. The maximum atomic E-state index is 8.75. The highest BCUT2D eigenvalue weighted by molar-refractivity contribution is 4.85. The predicted octanol–water partition coefficient (Wildman–Crippen LogP) is 1.39. The van der Waals surface area contributed by atoms with E-state index < -0.39 is 0 Å². The van der Waals surface area contributed by atoms with Crippen LogP contribution in [-0.2, 0) is 0 Å². The van der Waals surface area contributed by atoms with Crippen LogP contribution in [0.1, 0.15) is 33.1 Å². The molecule has 1 aliphatic rings. The fourth-order valence-corrected chi connectivity index (χ4v) is 2.00. The lowest BCUT2D eigenvalue weighted by Gasteiger charge is -2.37. The summed E-state index contributed by atoms with van der Waals surface area (Å²) in [4.78, 5) is 0. The van der Waals surface area contributed by atoms with Crippen LogP contribution in [0.15, 0.2) is 0 Å². The van der Waals surface area contributed by atoms with Crippen LogP contribution in [0.4, 0.5) is 0 Å². The monoisotopic (exact) mass is 171 g/mol. The van der Waals surface area contributed by atoms with Crippen molar-refractivity contribution in [2.24, 2.45) is 11.8 Å². The van der Waals surface area contributed by atoms with Crippen molar-refractivity contribution in [3.8, 4) is 0 Å². The molecule has 2 N–H and O–H groups in total. The van der Waals surface area contributed by atoms with Crippen LogP contribution in [0.25, 0.3) is 0 Å². The Bertz CT molecular complexity index is 121. The first-order valence-electron chi connectivity index (χ1n) is 5.10. The Kier molecular flexibility index (Phi) is 4.02. The SMILES string of the molecule is CC(C)C(CCCO)C1CCN1. The van der Waals surface area contributed by atoms with Crippen molar-refractivity contribution in [1.82, 2.24) is 5.32 Å². The molecule has 1 aliphatic heterocycles. The third kappa shape index (κ3) is 2.46. The van der Waals surface area contributed by atoms with Crippen molar-refractivity contribution in [3.63, 3.8) is 0 Å². The Morgan fingerprint density at radius 3 is 2.50 bits per heavy atom. The van der Waals surface area contributed by atoms with Crippen molar-refractivity contribution in [1.29, 1.82) is 0 Å². The molecule has 12 heavy (non-hydrogen) atoms. The molecule has 0 aromatic carbocycles. The van der Waals surface area contributed by atoms with Gasteiger partial charge in [-0.05, 0) is 37.6 Å². The summed E-state index contributed by atoms with van der Waals surface area (Å²) in [6, 6.07) is 0.733. The lowest BCUT2D eigenvalue weighted by Crippen LogP contribution is -2.49. The van der Waals surface area contributed by atoms with Gasteiger partial charge in [0.1, 0.15) is 0 Å². The van der Waals surface area contributed by atoms with E-state index in [1.807, 2.05) is 0 Å². The third-order valence-corrected chi connectivity index (χ3v) is 2.93. The molecule has 2 heteroatoms. The Balaban J connectivity index is 2.27. The largest absolute Gasteiger partial charge is 0.396 e. The minimum Gasteiger partial charge on any atom is -0.396 e. The van der Waals surface area contributed by atoms with Gasteiger partial charge in [0.2, 0.25) is 0 Å². The Morgan fingerprint density at radius 1 is 1.50 bits per heavy atom. The number of aliphatic hydroxyl groups excluding tert-OH is 1. The number of hydrogen-bond acceptors (Lipinski definition) is 2. The highest BCUT2D eigenvalue weighted by Gasteiger charge is 2.28. The number of aliphatic hydroxyl groups is 1. The van der Waals surface area contributed by atoms with Gasteiger partial charge in [0.25, 0.3) is 0 Å². The van der Waals surface area contributed by atoms with Gasteiger partial charge in [-0.3, -0.25) is 0 Å². The van der Waals surface area contributed by atoms with Gasteiger partial charge < -0.3 is 10.4 Å². The fraction of sp³-hybridized carbons (Fsp3) is 1.00. The summed E-state index contributed by atoms with van der Waals surface area (Å²) in [6.07, 6.45) is 3.46. The summed E-state index contributed by atoms with van der Waals surface area (Å²) in [7, 11) is 0. The molecule has 0 saturated carbocycles. The van der Waals surface area contributed by atoms with Crippen LogP contribution in [0.3, 0.4) is 0 Å². The molecular formula is C10H21NO. The first-order valence-corrected chi connectivity index (χ1v) is 5.10. The Morgan fingerprint density at radius 2 is 2.17 bits per heavy atom. The molecule has 0 amide bonds. The van der Waals surface area contributed by atoms with Crippen molar-refractivity contribution < 1.29 is 5.11 Å². The van der Waals surface area contributed by atoms with Gasteiger partial charge >= 0.3 is 0 Å². The van der Waals surface area contributed by atoms with Gasteiger partial charge in [0.15, 0.2) is 0 Å². The second-order valence-corrected chi connectivity index (χ2v) is 4.12. The molecule has 2 atom stereocenters. The normalized spacial score (nSPS) is 25.5. The molecule has 0 spiro atoms. The van der Waals surface area contributed by atoms with E-state index in [4.69, 9.17) is 5.11 Å². The second kappa shape index (κ2) is 4.83. The first-order chi connectivity index (χ1) is 5.75. The van der Waals surface area contributed by atoms with Crippen molar-refractivity contribution in [2.75, 3.05) is 13.2 Å².